The third kappa shape index (κ3) is 3.74. The molecule has 3 N–H and O–H groups in total. The largest absolute Gasteiger partial charge is 0.387 e. The molecule has 1 aliphatic heterocycles. The lowest BCUT2D eigenvalue weighted by molar-refractivity contribution is -0.123. The summed E-state index contributed by atoms with van der Waals surface area (Å²) in [6.45, 7) is 1.46. The van der Waals surface area contributed by atoms with Gasteiger partial charge in [-0.1, -0.05) is 29.8 Å². The number of carbonyl (C=O) groups is 1. The van der Waals surface area contributed by atoms with Crippen molar-refractivity contribution in [3.63, 3.8) is 0 Å². The van der Waals surface area contributed by atoms with Gasteiger partial charge in [0.05, 0.1) is 18.7 Å². The molecular weight excluding hydrogens is 266 g/mol. The number of hydrogen-bond acceptors (Lipinski definition) is 3. The number of hydrogen-bond donors (Lipinski definition) is 3. The minimum Gasteiger partial charge on any atom is -0.387 e. The lowest BCUT2D eigenvalue weighted by Gasteiger charge is -2.15. The average molecular weight is 284 g/mol. The zero-order chi connectivity index (χ0) is 14.8. The van der Waals surface area contributed by atoms with Crippen LogP contribution in [-0.4, -0.2) is 36.1 Å². The number of halogens is 2. The van der Waals surface area contributed by atoms with E-state index in [0.717, 1.165) is 5.56 Å². The van der Waals surface area contributed by atoms with Gasteiger partial charge in [-0.2, -0.15) is 0 Å². The summed E-state index contributed by atoms with van der Waals surface area (Å²) in [5.74, 6) is -3.34. The Morgan fingerprint density at radius 1 is 1.50 bits per heavy atom. The van der Waals surface area contributed by atoms with E-state index in [1.165, 1.54) is 0 Å². The first-order chi connectivity index (χ1) is 9.37. The highest BCUT2D eigenvalue weighted by Crippen LogP contribution is 2.25. The smallest absolute Gasteiger partial charge is 0.262 e. The zero-order valence-electron chi connectivity index (χ0n) is 11.2. The van der Waals surface area contributed by atoms with Crippen LogP contribution in [0, 0.1) is 6.92 Å². The molecule has 2 unspecified atom stereocenters. The fraction of sp³-hybridized carbons (Fsp3) is 0.500. The third-order valence-electron chi connectivity index (χ3n) is 3.36. The number of aliphatic hydroxyl groups is 1. The average Bonchev–Trinajstić information content (AvgIpc) is 2.77. The minimum atomic E-state index is -2.84. The van der Waals surface area contributed by atoms with E-state index in [2.05, 4.69) is 10.6 Å². The number of aliphatic hydroxyl groups excluding tert-OH is 1. The molecule has 1 saturated heterocycles. The molecule has 0 spiro atoms. The highest BCUT2D eigenvalue weighted by atomic mass is 19.3. The van der Waals surface area contributed by atoms with Crippen molar-refractivity contribution in [3.05, 3.63) is 35.4 Å². The first kappa shape index (κ1) is 14.9. The molecule has 0 radical (unpaired) electrons. The van der Waals surface area contributed by atoms with E-state index >= 15 is 0 Å². The Hall–Kier alpha value is -1.53. The minimum absolute atomic E-state index is 0.00560. The molecular formula is C14H18F2N2O2. The van der Waals surface area contributed by atoms with Crippen LogP contribution >= 0.6 is 0 Å². The maximum absolute atomic E-state index is 13.0. The van der Waals surface area contributed by atoms with Gasteiger partial charge in [0.2, 0.25) is 5.91 Å². The van der Waals surface area contributed by atoms with Gasteiger partial charge in [0.25, 0.3) is 5.92 Å². The quantitative estimate of drug-likeness (QED) is 0.777. The van der Waals surface area contributed by atoms with E-state index < -0.39 is 36.9 Å². The second-order valence-corrected chi connectivity index (χ2v) is 5.17. The van der Waals surface area contributed by atoms with Crippen molar-refractivity contribution in [1.29, 1.82) is 0 Å². The molecule has 110 valence electrons. The molecule has 0 bridgehead atoms. The number of alkyl halides is 2. The van der Waals surface area contributed by atoms with Gasteiger partial charge >= 0.3 is 0 Å². The zero-order valence-corrected chi connectivity index (χ0v) is 11.2. The predicted octanol–water partition coefficient (Wildman–Crippen LogP) is 1.14. The van der Waals surface area contributed by atoms with E-state index in [1.807, 2.05) is 19.1 Å². The molecule has 1 fully saturated rings. The molecule has 0 aliphatic carbocycles. The predicted molar refractivity (Wildman–Crippen MR) is 70.5 cm³/mol. The number of amides is 1. The lowest BCUT2D eigenvalue weighted by Crippen LogP contribution is -2.41. The highest BCUT2D eigenvalue weighted by molar-refractivity contribution is 5.82. The van der Waals surface area contributed by atoms with Crippen molar-refractivity contribution < 1.29 is 18.7 Å². The first-order valence-electron chi connectivity index (χ1n) is 6.51. The van der Waals surface area contributed by atoms with Crippen LogP contribution in [0.15, 0.2) is 24.3 Å². The van der Waals surface area contributed by atoms with Gasteiger partial charge in [0.15, 0.2) is 0 Å². The molecule has 20 heavy (non-hydrogen) atoms. The summed E-state index contributed by atoms with van der Waals surface area (Å²) >= 11 is 0. The lowest BCUT2D eigenvalue weighted by atomic mass is 10.1. The fourth-order valence-corrected chi connectivity index (χ4v) is 2.13. The van der Waals surface area contributed by atoms with E-state index in [4.69, 9.17) is 0 Å². The topological polar surface area (TPSA) is 61.4 Å². The Kier molecular flexibility index (Phi) is 4.35. The van der Waals surface area contributed by atoms with Crippen LogP contribution in [0.3, 0.4) is 0 Å². The monoisotopic (exact) mass is 284 g/mol. The highest BCUT2D eigenvalue weighted by Gasteiger charge is 2.42. The summed E-state index contributed by atoms with van der Waals surface area (Å²) in [7, 11) is 0. The van der Waals surface area contributed by atoms with Gasteiger partial charge in [-0.15, -0.1) is 0 Å². The van der Waals surface area contributed by atoms with Crippen LogP contribution in [0.5, 0.6) is 0 Å². The Morgan fingerprint density at radius 3 is 2.70 bits per heavy atom. The Labute approximate surface area is 116 Å². The number of benzene rings is 1. The van der Waals surface area contributed by atoms with Gasteiger partial charge in [0.1, 0.15) is 0 Å². The van der Waals surface area contributed by atoms with E-state index in [1.54, 1.807) is 12.1 Å². The normalized spacial score (nSPS) is 22.5. The third-order valence-corrected chi connectivity index (χ3v) is 3.36. The molecule has 0 aromatic heterocycles. The van der Waals surface area contributed by atoms with Crippen molar-refractivity contribution in [1.82, 2.24) is 10.6 Å². The number of nitrogens with one attached hydrogen (secondary N) is 2. The van der Waals surface area contributed by atoms with Crippen LogP contribution < -0.4 is 10.6 Å². The molecule has 2 rings (SSSR count). The Bertz CT molecular complexity index is 477. The van der Waals surface area contributed by atoms with Crippen molar-refractivity contribution in [2.24, 2.45) is 0 Å². The Morgan fingerprint density at radius 2 is 2.15 bits per heavy atom. The maximum atomic E-state index is 13.0. The molecule has 1 aromatic carbocycles. The second-order valence-electron chi connectivity index (χ2n) is 5.17. The molecule has 0 saturated carbocycles. The van der Waals surface area contributed by atoms with Crippen LogP contribution in [0.1, 0.15) is 23.7 Å². The van der Waals surface area contributed by atoms with E-state index in [0.29, 0.717) is 5.56 Å². The summed E-state index contributed by atoms with van der Waals surface area (Å²) in [6, 6.07) is 6.37. The fourth-order valence-electron chi connectivity index (χ4n) is 2.13. The van der Waals surface area contributed by atoms with Crippen molar-refractivity contribution in [2.45, 2.75) is 31.4 Å². The van der Waals surface area contributed by atoms with Crippen molar-refractivity contribution in [2.75, 3.05) is 13.1 Å². The second kappa shape index (κ2) is 5.85. The number of aryl methyl sites for hydroxylation is 1. The van der Waals surface area contributed by atoms with E-state index in [9.17, 15) is 18.7 Å². The molecule has 6 heteroatoms. The summed E-state index contributed by atoms with van der Waals surface area (Å²) in [5.41, 5.74) is 1.75. The molecule has 1 heterocycles. The van der Waals surface area contributed by atoms with Gasteiger partial charge in [0, 0.05) is 13.0 Å². The van der Waals surface area contributed by atoms with Gasteiger partial charge in [-0.05, 0) is 12.5 Å². The van der Waals surface area contributed by atoms with Crippen molar-refractivity contribution >= 4 is 5.91 Å². The number of carbonyl (C=O) groups excluding carboxylic acids is 1. The molecule has 2 atom stereocenters. The molecule has 1 amide bonds. The van der Waals surface area contributed by atoms with E-state index in [-0.39, 0.29) is 6.54 Å². The molecule has 1 aromatic rings. The standard InChI is InChI=1S/C14H18F2N2O2/c1-9-2-4-10(5-3-9)12(19)7-17-13(20)11-6-14(15,16)8-18-11/h2-5,11-12,18-19H,6-8H2,1H3,(H,17,20). The maximum Gasteiger partial charge on any atom is 0.262 e. The molecule has 1 aliphatic rings. The SMILES string of the molecule is Cc1ccc(C(O)CNC(=O)C2CC(F)(F)CN2)cc1. The van der Waals surface area contributed by atoms with Crippen LogP contribution in [0.4, 0.5) is 8.78 Å². The summed E-state index contributed by atoms with van der Waals surface area (Å²) < 4.78 is 25.9. The van der Waals surface area contributed by atoms with Crippen molar-refractivity contribution in [3.8, 4) is 0 Å². The summed E-state index contributed by atoms with van der Waals surface area (Å²) in [5, 5.41) is 14.9. The molecule has 4 nitrogen and oxygen atoms in total. The van der Waals surface area contributed by atoms with Gasteiger partial charge in [-0.25, -0.2) is 8.78 Å². The van der Waals surface area contributed by atoms with Crippen LogP contribution in [0.25, 0.3) is 0 Å². The van der Waals surface area contributed by atoms with Gasteiger partial charge < -0.3 is 10.4 Å². The van der Waals surface area contributed by atoms with Crippen LogP contribution in [-0.2, 0) is 4.79 Å². The Balaban J connectivity index is 1.83. The number of rotatable bonds is 4. The van der Waals surface area contributed by atoms with Crippen LogP contribution in [0.2, 0.25) is 0 Å². The van der Waals surface area contributed by atoms with Gasteiger partial charge in [-0.3, -0.25) is 10.1 Å². The first-order valence-corrected chi connectivity index (χ1v) is 6.51. The summed E-state index contributed by atoms with van der Waals surface area (Å²) in [4.78, 5) is 11.7. The summed E-state index contributed by atoms with van der Waals surface area (Å²) in [6.07, 6.45) is -1.35.